The van der Waals surface area contributed by atoms with Crippen molar-refractivity contribution in [2.45, 2.75) is 25.6 Å². The summed E-state index contributed by atoms with van der Waals surface area (Å²) >= 11 is 0. The molecule has 2 aliphatic rings. The van der Waals surface area contributed by atoms with Gasteiger partial charge < -0.3 is 14.4 Å². The van der Waals surface area contributed by atoms with Crippen molar-refractivity contribution in [3.8, 4) is 11.5 Å². The standard InChI is InChI=1S/C26H29N3O2/c1-17-9-11-19(12-10-17)25-21-16-29(15-18-7-5-4-6-8-18)22-14-24(31-3)23(30-2)13-20(22)26(21)28-27-25/h4-14,21,25-28H,15-16H2,1-3H3. The lowest BCUT2D eigenvalue weighted by Gasteiger charge is -2.39. The zero-order valence-electron chi connectivity index (χ0n) is 18.3. The molecule has 0 radical (unpaired) electrons. The van der Waals surface area contributed by atoms with E-state index in [2.05, 4.69) is 89.4 Å². The Hall–Kier alpha value is -3.02. The summed E-state index contributed by atoms with van der Waals surface area (Å²) in [5.74, 6) is 1.91. The molecule has 2 N–H and O–H groups in total. The van der Waals surface area contributed by atoms with Crippen LogP contribution in [0.5, 0.6) is 11.5 Å². The van der Waals surface area contributed by atoms with Gasteiger partial charge in [0.1, 0.15) is 0 Å². The van der Waals surface area contributed by atoms with Gasteiger partial charge in [-0.15, -0.1) is 0 Å². The van der Waals surface area contributed by atoms with Gasteiger partial charge in [0, 0.05) is 30.8 Å². The molecule has 0 aliphatic carbocycles. The Morgan fingerprint density at radius 3 is 2.26 bits per heavy atom. The molecule has 1 fully saturated rings. The Labute approximate surface area is 184 Å². The van der Waals surface area contributed by atoms with Crippen molar-refractivity contribution in [2.24, 2.45) is 5.92 Å². The van der Waals surface area contributed by atoms with Crippen LogP contribution in [0.15, 0.2) is 66.7 Å². The van der Waals surface area contributed by atoms with Gasteiger partial charge in [0.05, 0.1) is 26.3 Å². The van der Waals surface area contributed by atoms with Crippen LogP contribution in [0.4, 0.5) is 5.69 Å². The van der Waals surface area contributed by atoms with Crippen molar-refractivity contribution in [3.05, 3.63) is 89.0 Å². The van der Waals surface area contributed by atoms with E-state index in [1.165, 1.54) is 27.9 Å². The summed E-state index contributed by atoms with van der Waals surface area (Å²) in [7, 11) is 3.39. The summed E-state index contributed by atoms with van der Waals surface area (Å²) in [4.78, 5) is 2.48. The molecule has 2 aliphatic heterocycles. The number of hydrogen-bond donors (Lipinski definition) is 2. The first kappa shape index (κ1) is 19.9. The van der Waals surface area contributed by atoms with E-state index in [1.807, 2.05) is 0 Å². The first-order chi connectivity index (χ1) is 15.2. The number of hydrazine groups is 1. The zero-order valence-corrected chi connectivity index (χ0v) is 18.3. The molecule has 160 valence electrons. The van der Waals surface area contributed by atoms with Gasteiger partial charge in [-0.3, -0.25) is 0 Å². The third-order valence-electron chi connectivity index (χ3n) is 6.54. The number of methoxy groups -OCH3 is 2. The lowest BCUT2D eigenvalue weighted by atomic mass is 9.81. The van der Waals surface area contributed by atoms with E-state index < -0.39 is 0 Å². The van der Waals surface area contributed by atoms with Crippen LogP contribution < -0.4 is 25.2 Å². The van der Waals surface area contributed by atoms with Gasteiger partial charge in [-0.1, -0.05) is 60.2 Å². The predicted molar refractivity (Wildman–Crippen MR) is 123 cm³/mol. The van der Waals surface area contributed by atoms with Crippen LogP contribution in [-0.4, -0.2) is 20.8 Å². The van der Waals surface area contributed by atoms with Crippen molar-refractivity contribution < 1.29 is 9.47 Å². The van der Waals surface area contributed by atoms with Crippen LogP contribution in [0.2, 0.25) is 0 Å². The van der Waals surface area contributed by atoms with E-state index in [1.54, 1.807) is 14.2 Å². The minimum absolute atomic E-state index is 0.202. The molecule has 0 bridgehead atoms. The van der Waals surface area contributed by atoms with Crippen molar-refractivity contribution in [3.63, 3.8) is 0 Å². The van der Waals surface area contributed by atoms with Crippen LogP contribution in [0.1, 0.15) is 34.3 Å². The molecule has 1 saturated heterocycles. The number of aryl methyl sites for hydroxylation is 1. The molecule has 3 unspecified atom stereocenters. The Morgan fingerprint density at radius 1 is 0.871 bits per heavy atom. The molecule has 3 aromatic carbocycles. The fraction of sp³-hybridized carbons (Fsp3) is 0.308. The maximum atomic E-state index is 5.64. The molecule has 2 heterocycles. The number of ether oxygens (including phenoxy) is 2. The molecule has 3 aromatic rings. The highest BCUT2D eigenvalue weighted by atomic mass is 16.5. The summed E-state index contributed by atoms with van der Waals surface area (Å²) in [6, 6.07) is 24.2. The molecule has 31 heavy (non-hydrogen) atoms. The minimum atomic E-state index is 0.202. The van der Waals surface area contributed by atoms with Gasteiger partial charge in [-0.25, -0.2) is 10.9 Å². The lowest BCUT2D eigenvalue weighted by molar-refractivity contribution is 0.350. The van der Waals surface area contributed by atoms with Gasteiger partial charge in [0.15, 0.2) is 11.5 Å². The summed E-state index contributed by atoms with van der Waals surface area (Å²) in [5.41, 5.74) is 13.5. The van der Waals surface area contributed by atoms with E-state index in [0.29, 0.717) is 5.92 Å². The molecular formula is C26H29N3O2. The SMILES string of the molecule is COc1cc2c(cc1OC)N(Cc1ccccc1)CC1C(c3ccc(C)cc3)NNC21. The average Bonchev–Trinajstić information content (AvgIpc) is 3.23. The number of benzene rings is 3. The number of rotatable bonds is 5. The second-order valence-electron chi connectivity index (χ2n) is 8.45. The Bertz CT molecular complexity index is 1050. The van der Waals surface area contributed by atoms with Gasteiger partial charge in [-0.2, -0.15) is 0 Å². The minimum Gasteiger partial charge on any atom is -0.493 e. The van der Waals surface area contributed by atoms with Crippen molar-refractivity contribution in [1.29, 1.82) is 0 Å². The summed E-state index contributed by atoms with van der Waals surface area (Å²) in [6.07, 6.45) is 0. The number of nitrogens with one attached hydrogen (secondary N) is 2. The Balaban J connectivity index is 1.56. The summed E-state index contributed by atoms with van der Waals surface area (Å²) in [5, 5.41) is 0. The molecule has 0 amide bonds. The smallest absolute Gasteiger partial charge is 0.162 e. The Morgan fingerprint density at radius 2 is 1.55 bits per heavy atom. The topological polar surface area (TPSA) is 45.8 Å². The fourth-order valence-electron chi connectivity index (χ4n) is 4.92. The van der Waals surface area contributed by atoms with Gasteiger partial charge in [0.25, 0.3) is 0 Å². The second-order valence-corrected chi connectivity index (χ2v) is 8.45. The maximum absolute atomic E-state index is 5.64. The first-order valence-corrected chi connectivity index (χ1v) is 10.8. The van der Waals surface area contributed by atoms with Crippen LogP contribution in [0, 0.1) is 12.8 Å². The average molecular weight is 416 g/mol. The van der Waals surface area contributed by atoms with Gasteiger partial charge >= 0.3 is 0 Å². The van der Waals surface area contributed by atoms with E-state index in [-0.39, 0.29) is 12.1 Å². The van der Waals surface area contributed by atoms with E-state index in [0.717, 1.165) is 24.6 Å². The third kappa shape index (κ3) is 3.64. The highest BCUT2D eigenvalue weighted by Gasteiger charge is 2.43. The van der Waals surface area contributed by atoms with Crippen LogP contribution >= 0.6 is 0 Å². The molecule has 5 heteroatoms. The van der Waals surface area contributed by atoms with Crippen LogP contribution in [-0.2, 0) is 6.54 Å². The predicted octanol–water partition coefficient (Wildman–Crippen LogP) is 4.54. The number of nitrogens with zero attached hydrogens (tertiary/aromatic N) is 1. The normalized spacial score (nSPS) is 22.0. The van der Waals surface area contributed by atoms with Crippen molar-refractivity contribution in [1.82, 2.24) is 10.9 Å². The van der Waals surface area contributed by atoms with Crippen LogP contribution in [0.25, 0.3) is 0 Å². The van der Waals surface area contributed by atoms with E-state index >= 15 is 0 Å². The highest BCUT2D eigenvalue weighted by molar-refractivity contribution is 5.65. The monoisotopic (exact) mass is 415 g/mol. The van der Waals surface area contributed by atoms with E-state index in [9.17, 15) is 0 Å². The molecule has 0 aromatic heterocycles. The molecule has 5 nitrogen and oxygen atoms in total. The quantitative estimate of drug-likeness (QED) is 0.641. The largest absolute Gasteiger partial charge is 0.493 e. The number of hydrogen-bond acceptors (Lipinski definition) is 5. The highest BCUT2D eigenvalue weighted by Crippen LogP contribution is 2.48. The van der Waals surface area contributed by atoms with Gasteiger partial charge in [-0.05, 0) is 29.7 Å². The Kier molecular flexibility index (Phi) is 5.30. The molecule has 0 saturated carbocycles. The zero-order chi connectivity index (χ0) is 21.4. The molecule has 5 rings (SSSR count). The third-order valence-corrected chi connectivity index (χ3v) is 6.54. The maximum Gasteiger partial charge on any atom is 0.162 e. The van der Waals surface area contributed by atoms with Gasteiger partial charge in [0.2, 0.25) is 0 Å². The molecule has 3 atom stereocenters. The molecule has 0 spiro atoms. The van der Waals surface area contributed by atoms with E-state index in [4.69, 9.17) is 9.47 Å². The number of anilines is 1. The first-order valence-electron chi connectivity index (χ1n) is 10.8. The van der Waals surface area contributed by atoms with Crippen LogP contribution in [0.3, 0.4) is 0 Å². The second kappa shape index (κ2) is 8.25. The number of fused-ring (bicyclic) bond motifs is 3. The molecular weight excluding hydrogens is 386 g/mol. The lowest BCUT2D eigenvalue weighted by Crippen LogP contribution is -2.39. The van der Waals surface area contributed by atoms with Crippen molar-refractivity contribution in [2.75, 3.05) is 25.7 Å². The van der Waals surface area contributed by atoms with Crippen molar-refractivity contribution >= 4 is 5.69 Å². The fourth-order valence-corrected chi connectivity index (χ4v) is 4.92. The summed E-state index contributed by atoms with van der Waals surface area (Å²) in [6.45, 7) is 3.93. The summed E-state index contributed by atoms with van der Waals surface area (Å²) < 4.78 is 11.3.